The molecule has 1 N–H and O–H groups in total. The molecule has 0 aliphatic carbocycles. The Morgan fingerprint density at radius 2 is 2.00 bits per heavy atom. The number of aromatic nitrogens is 1. The summed E-state index contributed by atoms with van der Waals surface area (Å²) in [5, 5.41) is 11.7. The zero-order chi connectivity index (χ0) is 18.6. The van der Waals surface area contributed by atoms with Crippen molar-refractivity contribution in [2.45, 2.75) is 18.1 Å². The molecule has 1 amide bonds. The lowest BCUT2D eigenvalue weighted by molar-refractivity contribution is -0.141. The minimum Gasteiger partial charge on any atom is -0.325 e. The summed E-state index contributed by atoms with van der Waals surface area (Å²) in [4.78, 5) is 15.5. The highest BCUT2D eigenvalue weighted by Gasteiger charge is 2.34. The van der Waals surface area contributed by atoms with Gasteiger partial charge < -0.3 is 5.32 Å². The number of anilines is 1. The molecule has 0 radical (unpaired) electrons. The number of nitrogens with one attached hydrogen (secondary N) is 1. The number of halogens is 4. The number of pyridine rings is 1. The van der Waals surface area contributed by atoms with Crippen molar-refractivity contribution in [3.63, 3.8) is 0 Å². The summed E-state index contributed by atoms with van der Waals surface area (Å²) in [5.41, 5.74) is -0.283. The summed E-state index contributed by atoms with van der Waals surface area (Å²) in [6.07, 6.45) is -4.61. The average molecular weight is 477 g/mol. The van der Waals surface area contributed by atoms with Crippen LogP contribution in [0.25, 0.3) is 0 Å². The number of nitriles is 1. The van der Waals surface area contributed by atoms with Gasteiger partial charge >= 0.3 is 6.18 Å². The maximum Gasteiger partial charge on any atom is 0.433 e. The number of hydrogen-bond donors (Lipinski definition) is 1. The molecule has 0 bridgehead atoms. The fourth-order valence-electron chi connectivity index (χ4n) is 1.89. The maximum atomic E-state index is 12.9. The van der Waals surface area contributed by atoms with E-state index in [0.717, 1.165) is 21.4 Å². The molecular formula is C16H11F3IN3OS. The van der Waals surface area contributed by atoms with Gasteiger partial charge in [0.25, 0.3) is 0 Å². The van der Waals surface area contributed by atoms with Crippen LogP contribution in [0.2, 0.25) is 0 Å². The highest BCUT2D eigenvalue weighted by atomic mass is 127. The lowest BCUT2D eigenvalue weighted by Crippen LogP contribution is -2.15. The number of thioether (sulfide) groups is 1. The number of alkyl halides is 3. The van der Waals surface area contributed by atoms with Crippen LogP contribution < -0.4 is 5.32 Å². The molecule has 9 heteroatoms. The molecule has 0 aliphatic heterocycles. The third kappa shape index (κ3) is 5.34. The van der Waals surface area contributed by atoms with Gasteiger partial charge in [0.1, 0.15) is 16.8 Å². The van der Waals surface area contributed by atoms with Gasteiger partial charge in [-0.1, -0.05) is 11.8 Å². The lowest BCUT2D eigenvalue weighted by Gasteiger charge is -2.11. The molecule has 0 saturated carbocycles. The van der Waals surface area contributed by atoms with E-state index >= 15 is 0 Å². The number of carbonyl (C=O) groups excluding carboxylic acids is 1. The molecule has 0 unspecified atom stereocenters. The first-order valence-corrected chi connectivity index (χ1v) is 8.94. The van der Waals surface area contributed by atoms with Gasteiger partial charge in [0.15, 0.2) is 0 Å². The molecule has 1 aromatic heterocycles. The Labute approximate surface area is 160 Å². The SMILES string of the molecule is Cc1cc(C(F)(F)F)nc(SCC(=O)Nc2ccc(I)cc2)c1C#N. The second kappa shape index (κ2) is 8.05. The highest BCUT2D eigenvalue weighted by molar-refractivity contribution is 14.1. The molecule has 2 aromatic rings. The van der Waals surface area contributed by atoms with Gasteiger partial charge in [-0.3, -0.25) is 4.79 Å². The van der Waals surface area contributed by atoms with Gasteiger partial charge in [-0.2, -0.15) is 18.4 Å². The second-order valence-corrected chi connectivity index (χ2v) is 7.17. The van der Waals surface area contributed by atoms with Crippen molar-refractivity contribution in [1.29, 1.82) is 5.26 Å². The quantitative estimate of drug-likeness (QED) is 0.516. The molecule has 0 atom stereocenters. The Morgan fingerprint density at radius 3 is 2.56 bits per heavy atom. The zero-order valence-corrected chi connectivity index (χ0v) is 15.8. The molecule has 4 nitrogen and oxygen atoms in total. The maximum absolute atomic E-state index is 12.9. The minimum atomic E-state index is -4.61. The van der Waals surface area contributed by atoms with Crippen LogP contribution in [0.15, 0.2) is 35.4 Å². The minimum absolute atomic E-state index is 0.0417. The summed E-state index contributed by atoms with van der Waals surface area (Å²) >= 11 is 2.93. The lowest BCUT2D eigenvalue weighted by atomic mass is 10.1. The van der Waals surface area contributed by atoms with Gasteiger partial charge in [-0.15, -0.1) is 0 Å². The number of benzene rings is 1. The molecule has 0 spiro atoms. The summed E-state index contributed by atoms with van der Waals surface area (Å²) in [7, 11) is 0. The van der Waals surface area contributed by atoms with Crippen LogP contribution in [0.3, 0.4) is 0 Å². The first-order chi connectivity index (χ1) is 11.7. The van der Waals surface area contributed by atoms with E-state index in [4.69, 9.17) is 5.26 Å². The van der Waals surface area contributed by atoms with Crippen molar-refractivity contribution >= 4 is 45.9 Å². The highest BCUT2D eigenvalue weighted by Crippen LogP contribution is 2.32. The van der Waals surface area contributed by atoms with Crippen LogP contribution in [0.5, 0.6) is 0 Å². The van der Waals surface area contributed by atoms with E-state index in [0.29, 0.717) is 5.69 Å². The predicted molar refractivity (Wildman–Crippen MR) is 97.2 cm³/mol. The van der Waals surface area contributed by atoms with E-state index in [2.05, 4.69) is 32.9 Å². The van der Waals surface area contributed by atoms with Crippen LogP contribution in [0, 0.1) is 21.8 Å². The Balaban J connectivity index is 2.13. The normalized spacial score (nSPS) is 11.0. The van der Waals surface area contributed by atoms with Gasteiger partial charge in [0.2, 0.25) is 5.91 Å². The molecule has 0 saturated heterocycles. The summed E-state index contributed by atoms with van der Waals surface area (Å²) in [6, 6.07) is 9.74. The van der Waals surface area contributed by atoms with E-state index in [-0.39, 0.29) is 21.9 Å². The molecule has 1 heterocycles. The van der Waals surface area contributed by atoms with Gasteiger partial charge in [0, 0.05) is 9.26 Å². The van der Waals surface area contributed by atoms with Crippen LogP contribution >= 0.6 is 34.4 Å². The summed E-state index contributed by atoms with van der Waals surface area (Å²) in [5.74, 6) is -0.555. The van der Waals surface area contributed by atoms with Crippen LogP contribution in [0.4, 0.5) is 18.9 Å². The smallest absolute Gasteiger partial charge is 0.325 e. The Morgan fingerprint density at radius 1 is 1.36 bits per heavy atom. The summed E-state index contributed by atoms with van der Waals surface area (Å²) < 4.78 is 39.6. The molecule has 130 valence electrons. The van der Waals surface area contributed by atoms with Crippen molar-refractivity contribution in [3.8, 4) is 6.07 Å². The second-order valence-electron chi connectivity index (χ2n) is 4.96. The molecule has 0 aliphatic rings. The zero-order valence-electron chi connectivity index (χ0n) is 12.8. The van der Waals surface area contributed by atoms with Crippen LogP contribution in [0.1, 0.15) is 16.8 Å². The molecule has 1 aromatic carbocycles. The fourth-order valence-corrected chi connectivity index (χ4v) is 3.11. The van der Waals surface area contributed by atoms with Gasteiger partial charge in [0.05, 0.1) is 11.3 Å². The Hall–Kier alpha value is -1.80. The van der Waals surface area contributed by atoms with Crippen molar-refractivity contribution in [3.05, 3.63) is 50.7 Å². The fraction of sp³-hybridized carbons (Fsp3) is 0.188. The van der Waals surface area contributed by atoms with Crippen molar-refractivity contribution in [2.75, 3.05) is 11.1 Å². The number of aryl methyl sites for hydroxylation is 1. The third-order valence-corrected chi connectivity index (χ3v) is 4.75. The summed E-state index contributed by atoms with van der Waals surface area (Å²) in [6.45, 7) is 1.41. The standard InChI is InChI=1S/C16H11F3IN3OS/c1-9-6-13(16(17,18)19)23-15(12(9)7-21)25-8-14(24)22-11-4-2-10(20)3-5-11/h2-6H,8H2,1H3,(H,22,24). The van der Waals surface area contributed by atoms with Gasteiger partial charge in [-0.25, -0.2) is 4.98 Å². The largest absolute Gasteiger partial charge is 0.433 e. The Kier molecular flexibility index (Phi) is 6.29. The molecule has 0 fully saturated rings. The number of carbonyl (C=O) groups is 1. The number of rotatable bonds is 4. The van der Waals surface area contributed by atoms with E-state index in [1.165, 1.54) is 6.92 Å². The first-order valence-electron chi connectivity index (χ1n) is 6.88. The number of hydrogen-bond acceptors (Lipinski definition) is 4. The van der Waals surface area contributed by atoms with Crippen LogP contribution in [-0.4, -0.2) is 16.6 Å². The van der Waals surface area contributed by atoms with Crippen molar-refractivity contribution in [2.24, 2.45) is 0 Å². The average Bonchev–Trinajstić information content (AvgIpc) is 2.53. The predicted octanol–water partition coefficient (Wildman–Crippen LogP) is 4.62. The topological polar surface area (TPSA) is 65.8 Å². The third-order valence-electron chi connectivity index (χ3n) is 3.05. The molecular weight excluding hydrogens is 466 g/mol. The van der Waals surface area contributed by atoms with Crippen LogP contribution in [-0.2, 0) is 11.0 Å². The van der Waals surface area contributed by atoms with Crippen molar-refractivity contribution in [1.82, 2.24) is 4.98 Å². The molecule has 25 heavy (non-hydrogen) atoms. The monoisotopic (exact) mass is 477 g/mol. The first kappa shape index (κ1) is 19.5. The number of nitrogens with zero attached hydrogens (tertiary/aromatic N) is 2. The van der Waals surface area contributed by atoms with E-state index in [9.17, 15) is 18.0 Å². The van der Waals surface area contributed by atoms with Crippen molar-refractivity contribution < 1.29 is 18.0 Å². The number of amides is 1. The van der Waals surface area contributed by atoms with Gasteiger partial charge in [-0.05, 0) is 65.4 Å². The van der Waals surface area contributed by atoms with E-state index < -0.39 is 17.8 Å². The van der Waals surface area contributed by atoms with E-state index in [1.54, 1.807) is 12.1 Å². The van der Waals surface area contributed by atoms with E-state index in [1.807, 2.05) is 18.2 Å². The molecule has 2 rings (SSSR count). The Bertz CT molecular complexity index is 832.